The lowest BCUT2D eigenvalue weighted by Crippen LogP contribution is -2.41. The lowest BCUT2D eigenvalue weighted by Gasteiger charge is -2.32. The van der Waals surface area contributed by atoms with Crippen molar-refractivity contribution in [3.05, 3.63) is 47.7 Å². The van der Waals surface area contributed by atoms with Crippen molar-refractivity contribution >= 4 is 11.6 Å². The minimum absolute atomic E-state index is 0.0385. The highest BCUT2D eigenvalue weighted by atomic mass is 19.4. The van der Waals surface area contributed by atoms with E-state index in [0.29, 0.717) is 23.5 Å². The number of nitrogens with one attached hydrogen (secondary N) is 1. The van der Waals surface area contributed by atoms with Gasteiger partial charge in [0.15, 0.2) is 0 Å². The van der Waals surface area contributed by atoms with E-state index in [2.05, 4.69) is 15.1 Å². The summed E-state index contributed by atoms with van der Waals surface area (Å²) in [6.07, 6.45) is -2.65. The summed E-state index contributed by atoms with van der Waals surface area (Å²) in [5, 5.41) is 3.10. The molecule has 3 aliphatic rings. The van der Waals surface area contributed by atoms with Crippen LogP contribution in [-0.2, 0) is 15.7 Å². The summed E-state index contributed by atoms with van der Waals surface area (Å²) in [4.78, 5) is 22.6. The van der Waals surface area contributed by atoms with Crippen molar-refractivity contribution in [2.75, 3.05) is 57.4 Å². The first-order valence-electron chi connectivity index (χ1n) is 11.9. The highest BCUT2D eigenvalue weighted by Gasteiger charge is 2.43. The summed E-state index contributed by atoms with van der Waals surface area (Å²) >= 11 is 0. The van der Waals surface area contributed by atoms with Gasteiger partial charge in [-0.15, -0.1) is 0 Å². The van der Waals surface area contributed by atoms with Crippen LogP contribution in [0.1, 0.15) is 30.0 Å². The number of nitrogens with zero attached hydrogens (tertiary/aromatic N) is 3. The Hall–Kier alpha value is -2.65. The molecule has 2 bridgehead atoms. The van der Waals surface area contributed by atoms with E-state index in [1.54, 1.807) is 12.1 Å². The topological polar surface area (TPSA) is 57.7 Å². The van der Waals surface area contributed by atoms with Crippen molar-refractivity contribution in [1.82, 2.24) is 15.2 Å². The number of amides is 1. The van der Waals surface area contributed by atoms with Gasteiger partial charge in [-0.1, -0.05) is 12.1 Å². The van der Waals surface area contributed by atoms with Gasteiger partial charge in [-0.05, 0) is 49.6 Å². The number of pyridine rings is 1. The molecular formula is C25H29F3N4O2. The molecular weight excluding hydrogens is 445 g/mol. The molecule has 3 aliphatic heterocycles. The number of anilines is 1. The summed E-state index contributed by atoms with van der Waals surface area (Å²) in [5.41, 5.74) is 1.74. The Morgan fingerprint density at radius 1 is 1.15 bits per heavy atom. The molecule has 1 amide bonds. The molecule has 34 heavy (non-hydrogen) atoms. The van der Waals surface area contributed by atoms with Crippen LogP contribution in [0.15, 0.2) is 36.4 Å². The minimum Gasteiger partial charge on any atom is -0.379 e. The summed E-state index contributed by atoms with van der Waals surface area (Å²) in [6, 6.07) is 8.85. The average molecular weight is 475 g/mol. The third-order valence-electron chi connectivity index (χ3n) is 7.06. The van der Waals surface area contributed by atoms with E-state index >= 15 is 0 Å². The fraction of sp³-hybridized carbons (Fsp3) is 0.520. The Morgan fingerprint density at radius 3 is 2.76 bits per heavy atom. The molecule has 2 aromatic rings. The summed E-state index contributed by atoms with van der Waals surface area (Å²) in [5.74, 6) is -0.262. The standard InChI is InChI=1S/C25H29F3N4O2/c26-25(27,28)19-4-1-3-17(15-19)20-5-6-21-23(30-20)22(18-7-10-32(21)16-18)24(33)29-8-2-9-31-11-13-34-14-12-31/h1,3-6,15,18,22H,2,7-14,16H2,(H,29,33)/t18-,22?/m0/s1. The van der Waals surface area contributed by atoms with Gasteiger partial charge in [0, 0.05) is 38.3 Å². The Kier molecular flexibility index (Phi) is 6.48. The largest absolute Gasteiger partial charge is 0.416 e. The first-order valence-corrected chi connectivity index (χ1v) is 11.9. The molecule has 4 heterocycles. The molecule has 1 N–H and O–H groups in total. The molecule has 6 nitrogen and oxygen atoms in total. The summed E-state index contributed by atoms with van der Waals surface area (Å²) in [7, 11) is 0. The SMILES string of the molecule is O=C(NCCCN1CCOCC1)C1c2nc(-c3cccc(C(F)(F)F)c3)ccc2N2CC[C@H]1C2. The van der Waals surface area contributed by atoms with Gasteiger partial charge < -0.3 is 15.0 Å². The van der Waals surface area contributed by atoms with Gasteiger partial charge in [0.25, 0.3) is 0 Å². The van der Waals surface area contributed by atoms with Gasteiger partial charge >= 0.3 is 6.18 Å². The van der Waals surface area contributed by atoms with Crippen LogP contribution in [0.25, 0.3) is 11.3 Å². The number of benzene rings is 1. The van der Waals surface area contributed by atoms with E-state index in [9.17, 15) is 18.0 Å². The van der Waals surface area contributed by atoms with Crippen LogP contribution in [0, 0.1) is 5.92 Å². The molecule has 1 aromatic heterocycles. The number of aromatic nitrogens is 1. The predicted octanol–water partition coefficient (Wildman–Crippen LogP) is 3.53. The number of halogens is 3. The number of ether oxygens (including phenoxy) is 1. The van der Waals surface area contributed by atoms with Crippen LogP contribution >= 0.6 is 0 Å². The fourth-order valence-corrected chi connectivity index (χ4v) is 5.27. The molecule has 9 heteroatoms. The summed E-state index contributed by atoms with van der Waals surface area (Å²) in [6.45, 7) is 6.53. The lowest BCUT2D eigenvalue weighted by atomic mass is 9.84. The maximum Gasteiger partial charge on any atom is 0.416 e. The third-order valence-corrected chi connectivity index (χ3v) is 7.06. The van der Waals surface area contributed by atoms with Crippen molar-refractivity contribution in [1.29, 1.82) is 0 Å². The van der Waals surface area contributed by atoms with Crippen LogP contribution in [0.5, 0.6) is 0 Å². The fourth-order valence-electron chi connectivity index (χ4n) is 5.27. The molecule has 0 spiro atoms. The molecule has 0 saturated carbocycles. The number of hydrogen-bond acceptors (Lipinski definition) is 5. The quantitative estimate of drug-likeness (QED) is 0.650. The molecule has 1 aromatic carbocycles. The molecule has 2 fully saturated rings. The van der Waals surface area contributed by atoms with E-state index in [0.717, 1.165) is 76.6 Å². The number of rotatable bonds is 6. The van der Waals surface area contributed by atoms with Gasteiger partial charge in [0.1, 0.15) is 0 Å². The Bertz CT molecular complexity index is 1040. The van der Waals surface area contributed by atoms with Gasteiger partial charge in [0.2, 0.25) is 5.91 Å². The van der Waals surface area contributed by atoms with Crippen LogP contribution in [-0.4, -0.2) is 68.3 Å². The number of fused-ring (bicyclic) bond motifs is 4. The predicted molar refractivity (Wildman–Crippen MR) is 123 cm³/mol. The number of morpholine rings is 1. The van der Waals surface area contributed by atoms with Crippen molar-refractivity contribution in [2.24, 2.45) is 5.92 Å². The van der Waals surface area contributed by atoms with Crippen LogP contribution in [0.3, 0.4) is 0 Å². The van der Waals surface area contributed by atoms with E-state index in [1.807, 2.05) is 6.07 Å². The molecule has 2 atom stereocenters. The maximum absolute atomic E-state index is 13.3. The molecule has 1 unspecified atom stereocenters. The molecule has 5 rings (SSSR count). The minimum atomic E-state index is -4.42. The zero-order valence-electron chi connectivity index (χ0n) is 19.0. The zero-order valence-corrected chi connectivity index (χ0v) is 19.0. The van der Waals surface area contributed by atoms with Crippen molar-refractivity contribution in [3.8, 4) is 11.3 Å². The van der Waals surface area contributed by atoms with Crippen LogP contribution in [0.2, 0.25) is 0 Å². The smallest absolute Gasteiger partial charge is 0.379 e. The Morgan fingerprint density at radius 2 is 1.97 bits per heavy atom. The zero-order chi connectivity index (χ0) is 23.7. The number of hydrogen-bond donors (Lipinski definition) is 1. The van der Waals surface area contributed by atoms with Crippen molar-refractivity contribution in [3.63, 3.8) is 0 Å². The molecule has 2 saturated heterocycles. The first-order chi connectivity index (χ1) is 16.4. The number of carbonyl (C=O) groups is 1. The second kappa shape index (κ2) is 9.54. The Labute approximate surface area is 197 Å². The van der Waals surface area contributed by atoms with Crippen LogP contribution in [0.4, 0.5) is 18.9 Å². The van der Waals surface area contributed by atoms with Crippen molar-refractivity contribution in [2.45, 2.75) is 24.9 Å². The first kappa shape index (κ1) is 23.1. The van der Waals surface area contributed by atoms with E-state index < -0.39 is 11.7 Å². The molecule has 182 valence electrons. The third kappa shape index (κ3) is 4.77. The molecule has 0 aliphatic carbocycles. The summed E-state index contributed by atoms with van der Waals surface area (Å²) < 4.78 is 45.0. The van der Waals surface area contributed by atoms with Gasteiger partial charge in [-0.3, -0.25) is 9.69 Å². The van der Waals surface area contributed by atoms with Crippen molar-refractivity contribution < 1.29 is 22.7 Å². The maximum atomic E-state index is 13.3. The lowest BCUT2D eigenvalue weighted by molar-refractivity contribution is -0.137. The highest BCUT2D eigenvalue weighted by molar-refractivity contribution is 5.87. The molecule has 0 radical (unpaired) electrons. The second-order valence-corrected chi connectivity index (χ2v) is 9.25. The average Bonchev–Trinajstić information content (AvgIpc) is 3.26. The van der Waals surface area contributed by atoms with E-state index in [-0.39, 0.29) is 17.7 Å². The van der Waals surface area contributed by atoms with Gasteiger partial charge in [0.05, 0.1) is 41.8 Å². The van der Waals surface area contributed by atoms with Gasteiger partial charge in [-0.2, -0.15) is 13.2 Å². The monoisotopic (exact) mass is 474 g/mol. The number of alkyl halides is 3. The van der Waals surface area contributed by atoms with E-state index in [1.165, 1.54) is 6.07 Å². The normalized spacial score (nSPS) is 22.5. The number of carbonyl (C=O) groups excluding carboxylic acids is 1. The van der Waals surface area contributed by atoms with Crippen LogP contribution < -0.4 is 10.2 Å². The van der Waals surface area contributed by atoms with Gasteiger partial charge in [-0.25, -0.2) is 4.98 Å². The second-order valence-electron chi connectivity index (χ2n) is 9.25. The Balaban J connectivity index is 1.33. The van der Waals surface area contributed by atoms with E-state index in [4.69, 9.17) is 9.72 Å². The highest BCUT2D eigenvalue weighted by Crippen LogP contribution is 2.44.